The van der Waals surface area contributed by atoms with Crippen LogP contribution in [0.5, 0.6) is 17.2 Å². The molecule has 3 aromatic rings. The Bertz CT molecular complexity index is 995. The van der Waals surface area contributed by atoms with Crippen molar-refractivity contribution in [3.63, 3.8) is 0 Å². The molecule has 2 aromatic carbocycles. The fourth-order valence-electron chi connectivity index (χ4n) is 3.79. The number of nitrogens with zero attached hydrogens (tertiary/aromatic N) is 2. The number of benzene rings is 2. The van der Waals surface area contributed by atoms with Gasteiger partial charge in [-0.1, -0.05) is 5.16 Å². The monoisotopic (exact) mass is 394 g/mol. The number of rotatable bonds is 4. The maximum Gasteiger partial charge on any atom is 0.171 e. The van der Waals surface area contributed by atoms with Gasteiger partial charge in [0.25, 0.3) is 0 Å². The van der Waals surface area contributed by atoms with Crippen molar-refractivity contribution in [1.82, 2.24) is 10.1 Å². The number of likely N-dealkylation sites (N-methyl/N-ethyl adjacent to an activating group) is 1. The standard InChI is InChI=1S/C23H26N2O4/c1-25-11-9-16-13-20(27-3)21(28-4)14-19(16)23-18(10-12-25)22(24-29-23)15-5-7-17(26-2)8-6-15/h5-8,13-14H,9-12H2,1-4H3. The van der Waals surface area contributed by atoms with Crippen LogP contribution in [0.2, 0.25) is 0 Å². The first-order valence-electron chi connectivity index (χ1n) is 9.71. The molecule has 4 rings (SSSR count). The van der Waals surface area contributed by atoms with Crippen LogP contribution in [0.25, 0.3) is 22.6 Å². The smallest absolute Gasteiger partial charge is 0.171 e. The minimum Gasteiger partial charge on any atom is -0.497 e. The number of aromatic nitrogens is 1. The summed E-state index contributed by atoms with van der Waals surface area (Å²) in [5.41, 5.74) is 5.17. The van der Waals surface area contributed by atoms with E-state index in [1.165, 1.54) is 0 Å². The number of fused-ring (bicyclic) bond motifs is 3. The van der Waals surface area contributed by atoms with Crippen molar-refractivity contribution in [3.05, 3.63) is 47.5 Å². The Kier molecular flexibility index (Phi) is 5.45. The molecule has 6 heteroatoms. The quantitative estimate of drug-likeness (QED) is 0.665. The van der Waals surface area contributed by atoms with Crippen molar-refractivity contribution < 1.29 is 18.7 Å². The van der Waals surface area contributed by atoms with Crippen molar-refractivity contribution >= 4 is 0 Å². The summed E-state index contributed by atoms with van der Waals surface area (Å²) in [6.07, 6.45) is 1.74. The third-order valence-electron chi connectivity index (χ3n) is 5.51. The highest BCUT2D eigenvalue weighted by molar-refractivity contribution is 5.76. The summed E-state index contributed by atoms with van der Waals surface area (Å²) in [4.78, 5) is 2.33. The molecule has 0 radical (unpaired) electrons. The van der Waals surface area contributed by atoms with Crippen molar-refractivity contribution in [2.24, 2.45) is 0 Å². The molecule has 0 spiro atoms. The van der Waals surface area contributed by atoms with Crippen LogP contribution in [0.3, 0.4) is 0 Å². The molecular weight excluding hydrogens is 368 g/mol. The van der Waals surface area contributed by atoms with Crippen LogP contribution in [-0.2, 0) is 12.8 Å². The van der Waals surface area contributed by atoms with Gasteiger partial charge in [0.05, 0.1) is 21.3 Å². The molecule has 0 N–H and O–H groups in total. The van der Waals surface area contributed by atoms with Crippen LogP contribution in [0.4, 0.5) is 0 Å². The highest BCUT2D eigenvalue weighted by atomic mass is 16.5. The molecule has 0 saturated carbocycles. The molecular formula is C23H26N2O4. The summed E-state index contributed by atoms with van der Waals surface area (Å²) in [6, 6.07) is 12.0. The summed E-state index contributed by atoms with van der Waals surface area (Å²) in [6.45, 7) is 1.89. The van der Waals surface area contributed by atoms with Gasteiger partial charge >= 0.3 is 0 Å². The highest BCUT2D eigenvalue weighted by Gasteiger charge is 2.25. The first kappa shape index (κ1) is 19.3. The highest BCUT2D eigenvalue weighted by Crippen LogP contribution is 2.40. The van der Waals surface area contributed by atoms with E-state index < -0.39 is 0 Å². The summed E-state index contributed by atoms with van der Waals surface area (Å²) < 4.78 is 22.3. The van der Waals surface area contributed by atoms with Crippen molar-refractivity contribution in [2.45, 2.75) is 12.8 Å². The topological polar surface area (TPSA) is 57.0 Å². The van der Waals surface area contributed by atoms with Gasteiger partial charge < -0.3 is 23.6 Å². The average Bonchev–Trinajstić information content (AvgIpc) is 3.20. The maximum atomic E-state index is 5.93. The summed E-state index contributed by atoms with van der Waals surface area (Å²) >= 11 is 0. The van der Waals surface area contributed by atoms with E-state index in [0.29, 0.717) is 5.75 Å². The van der Waals surface area contributed by atoms with Crippen molar-refractivity contribution in [3.8, 4) is 39.8 Å². The number of hydrogen-bond donors (Lipinski definition) is 0. The van der Waals surface area contributed by atoms with Crippen LogP contribution >= 0.6 is 0 Å². The molecule has 0 amide bonds. The van der Waals surface area contributed by atoms with Crippen LogP contribution < -0.4 is 14.2 Å². The fraction of sp³-hybridized carbons (Fsp3) is 0.348. The predicted molar refractivity (Wildman–Crippen MR) is 112 cm³/mol. The molecule has 152 valence electrons. The van der Waals surface area contributed by atoms with E-state index in [4.69, 9.17) is 18.7 Å². The van der Waals surface area contributed by atoms with Gasteiger partial charge in [-0.15, -0.1) is 0 Å². The van der Waals surface area contributed by atoms with Gasteiger partial charge in [-0.25, -0.2) is 0 Å². The minimum absolute atomic E-state index is 0.687. The van der Waals surface area contributed by atoms with Gasteiger partial charge in [-0.2, -0.15) is 0 Å². The zero-order valence-corrected chi connectivity index (χ0v) is 17.3. The van der Waals surface area contributed by atoms with Crippen LogP contribution in [0, 0.1) is 0 Å². The lowest BCUT2D eigenvalue weighted by molar-refractivity contribution is 0.342. The van der Waals surface area contributed by atoms with Crippen LogP contribution in [-0.4, -0.2) is 51.5 Å². The molecule has 0 aliphatic carbocycles. The molecule has 0 unspecified atom stereocenters. The van der Waals surface area contributed by atoms with Crippen LogP contribution in [0.15, 0.2) is 40.9 Å². The Labute approximate surface area is 171 Å². The lowest BCUT2D eigenvalue weighted by Gasteiger charge is -2.16. The Hall–Kier alpha value is -2.99. The Balaban J connectivity index is 1.88. The van der Waals surface area contributed by atoms with Gasteiger partial charge in [0.15, 0.2) is 17.3 Å². The van der Waals surface area contributed by atoms with Gasteiger partial charge in [0, 0.05) is 29.8 Å². The molecule has 0 saturated heterocycles. The summed E-state index contributed by atoms with van der Waals surface area (Å²) in [5.74, 6) is 3.04. The fourth-order valence-corrected chi connectivity index (χ4v) is 3.79. The largest absolute Gasteiger partial charge is 0.497 e. The number of methoxy groups -OCH3 is 3. The molecule has 1 aromatic heterocycles. The van der Waals surface area contributed by atoms with Gasteiger partial charge in [-0.3, -0.25) is 0 Å². The van der Waals surface area contributed by atoms with E-state index in [1.54, 1.807) is 21.3 Å². The maximum absolute atomic E-state index is 5.93. The van der Waals surface area contributed by atoms with Gasteiger partial charge in [-0.05, 0) is 61.9 Å². The van der Waals surface area contributed by atoms with Crippen LogP contribution in [0.1, 0.15) is 11.1 Å². The molecule has 0 atom stereocenters. The minimum atomic E-state index is 0.687. The number of hydrogen-bond acceptors (Lipinski definition) is 6. The zero-order chi connectivity index (χ0) is 20.4. The Morgan fingerprint density at radius 3 is 2.28 bits per heavy atom. The Morgan fingerprint density at radius 2 is 1.59 bits per heavy atom. The third kappa shape index (κ3) is 3.68. The molecule has 29 heavy (non-hydrogen) atoms. The Morgan fingerprint density at radius 1 is 0.897 bits per heavy atom. The van der Waals surface area contributed by atoms with Crippen molar-refractivity contribution in [1.29, 1.82) is 0 Å². The lowest BCUT2D eigenvalue weighted by Crippen LogP contribution is -2.23. The van der Waals surface area contributed by atoms with E-state index >= 15 is 0 Å². The lowest BCUT2D eigenvalue weighted by atomic mass is 9.96. The van der Waals surface area contributed by atoms with E-state index in [1.807, 2.05) is 36.4 Å². The van der Waals surface area contributed by atoms with Gasteiger partial charge in [0.1, 0.15) is 11.4 Å². The van der Waals surface area contributed by atoms with E-state index in [9.17, 15) is 0 Å². The summed E-state index contributed by atoms with van der Waals surface area (Å²) in [5, 5.41) is 4.45. The SMILES string of the molecule is COc1ccc(-c2noc3c2CCN(C)CCc2cc(OC)c(OC)cc2-3)cc1. The third-order valence-corrected chi connectivity index (χ3v) is 5.51. The molecule has 2 heterocycles. The molecule has 1 aliphatic rings. The second kappa shape index (κ2) is 8.17. The van der Waals surface area contributed by atoms with E-state index in [2.05, 4.69) is 17.1 Å². The molecule has 0 bridgehead atoms. The summed E-state index contributed by atoms with van der Waals surface area (Å²) in [7, 11) is 7.12. The van der Waals surface area contributed by atoms with E-state index in [0.717, 1.165) is 71.1 Å². The average molecular weight is 394 g/mol. The second-order valence-electron chi connectivity index (χ2n) is 7.23. The predicted octanol–water partition coefficient (Wildman–Crippen LogP) is 4.06. The second-order valence-corrected chi connectivity index (χ2v) is 7.23. The molecule has 1 aliphatic heterocycles. The van der Waals surface area contributed by atoms with E-state index in [-0.39, 0.29) is 0 Å². The van der Waals surface area contributed by atoms with Gasteiger partial charge in [0.2, 0.25) is 0 Å². The first-order valence-corrected chi connectivity index (χ1v) is 9.71. The molecule has 6 nitrogen and oxygen atoms in total. The van der Waals surface area contributed by atoms with Crippen molar-refractivity contribution in [2.75, 3.05) is 41.5 Å². The normalized spacial score (nSPS) is 14.2. The molecule has 0 fully saturated rings. The number of ether oxygens (including phenoxy) is 3. The first-order chi connectivity index (χ1) is 14.1. The zero-order valence-electron chi connectivity index (χ0n) is 17.3.